The lowest BCUT2D eigenvalue weighted by molar-refractivity contribution is -0.00423. The Labute approximate surface area is 113 Å². The minimum absolute atomic E-state index is 0.534. The Hall–Kier alpha value is -0.0800. The minimum atomic E-state index is 0.534. The summed E-state index contributed by atoms with van der Waals surface area (Å²) in [7, 11) is 0. The van der Waals surface area contributed by atoms with Crippen molar-refractivity contribution in [1.29, 1.82) is 0 Å². The lowest BCUT2D eigenvalue weighted by Crippen LogP contribution is -2.36. The lowest BCUT2D eigenvalue weighted by Gasteiger charge is -2.30. The lowest BCUT2D eigenvalue weighted by atomic mass is 9.87. The molecule has 2 atom stereocenters. The van der Waals surface area contributed by atoms with Gasteiger partial charge in [0.25, 0.3) is 0 Å². The van der Waals surface area contributed by atoms with Crippen molar-refractivity contribution in [3.05, 3.63) is 0 Å². The topological polar surface area (TPSA) is 21.3 Å². The van der Waals surface area contributed by atoms with E-state index in [4.69, 9.17) is 4.74 Å². The van der Waals surface area contributed by atoms with Crippen LogP contribution < -0.4 is 5.32 Å². The zero-order valence-electron chi connectivity index (χ0n) is 12.3. The molecule has 2 nitrogen and oxygen atoms in total. The molecule has 2 fully saturated rings. The Bertz CT molecular complexity index is 223. The molecule has 0 heterocycles. The molecule has 2 heteroatoms. The molecule has 2 aliphatic rings. The SMILES string of the molecule is CC1CCC(NCCOC2CCCCC2C)CC1. The predicted molar refractivity (Wildman–Crippen MR) is 76.8 cm³/mol. The van der Waals surface area contributed by atoms with Gasteiger partial charge in [-0.25, -0.2) is 0 Å². The first-order chi connectivity index (χ1) is 8.75. The first-order valence-corrected chi connectivity index (χ1v) is 8.10. The predicted octanol–water partition coefficient (Wildman–Crippen LogP) is 3.75. The highest BCUT2D eigenvalue weighted by Gasteiger charge is 2.22. The Kier molecular flexibility index (Phi) is 5.97. The normalized spacial score (nSPS) is 37.7. The maximum Gasteiger partial charge on any atom is 0.0601 e. The van der Waals surface area contributed by atoms with Crippen LogP contribution in [-0.4, -0.2) is 25.3 Å². The van der Waals surface area contributed by atoms with Gasteiger partial charge in [-0.1, -0.05) is 26.7 Å². The third-order valence-corrected chi connectivity index (χ3v) is 4.92. The molecule has 2 saturated carbocycles. The van der Waals surface area contributed by atoms with Crippen molar-refractivity contribution in [2.24, 2.45) is 11.8 Å². The number of nitrogens with one attached hydrogen (secondary N) is 1. The second-order valence-corrected chi connectivity index (χ2v) is 6.58. The minimum Gasteiger partial charge on any atom is -0.377 e. The van der Waals surface area contributed by atoms with Crippen LogP contribution in [-0.2, 0) is 4.74 Å². The molecule has 0 aromatic carbocycles. The summed E-state index contributed by atoms with van der Waals surface area (Å²) in [6, 6.07) is 0.758. The van der Waals surface area contributed by atoms with Gasteiger partial charge in [-0.15, -0.1) is 0 Å². The zero-order valence-corrected chi connectivity index (χ0v) is 12.3. The van der Waals surface area contributed by atoms with Gasteiger partial charge >= 0.3 is 0 Å². The first-order valence-electron chi connectivity index (χ1n) is 8.10. The molecular weight excluding hydrogens is 222 g/mol. The molecule has 0 amide bonds. The van der Waals surface area contributed by atoms with Crippen LogP contribution in [0.1, 0.15) is 65.2 Å². The van der Waals surface area contributed by atoms with Crippen LogP contribution in [0.4, 0.5) is 0 Å². The molecule has 2 unspecified atom stereocenters. The zero-order chi connectivity index (χ0) is 12.8. The van der Waals surface area contributed by atoms with Gasteiger partial charge < -0.3 is 10.1 Å². The molecule has 2 aliphatic carbocycles. The van der Waals surface area contributed by atoms with E-state index in [-0.39, 0.29) is 0 Å². The van der Waals surface area contributed by atoms with Crippen molar-refractivity contribution in [3.8, 4) is 0 Å². The highest BCUT2D eigenvalue weighted by Crippen LogP contribution is 2.26. The molecule has 106 valence electrons. The monoisotopic (exact) mass is 253 g/mol. The van der Waals surface area contributed by atoms with Crippen LogP contribution in [0.25, 0.3) is 0 Å². The van der Waals surface area contributed by atoms with Gasteiger partial charge in [-0.3, -0.25) is 0 Å². The average Bonchev–Trinajstić information content (AvgIpc) is 2.39. The van der Waals surface area contributed by atoms with Gasteiger partial charge in [0, 0.05) is 12.6 Å². The maximum atomic E-state index is 6.04. The van der Waals surface area contributed by atoms with E-state index < -0.39 is 0 Å². The number of hydrogen-bond donors (Lipinski definition) is 1. The fraction of sp³-hybridized carbons (Fsp3) is 1.00. The van der Waals surface area contributed by atoms with Crippen molar-refractivity contribution < 1.29 is 4.74 Å². The van der Waals surface area contributed by atoms with Crippen molar-refractivity contribution in [3.63, 3.8) is 0 Å². The highest BCUT2D eigenvalue weighted by molar-refractivity contribution is 4.76. The second-order valence-electron chi connectivity index (χ2n) is 6.58. The van der Waals surface area contributed by atoms with Crippen molar-refractivity contribution in [2.75, 3.05) is 13.2 Å². The molecule has 0 radical (unpaired) electrons. The van der Waals surface area contributed by atoms with Gasteiger partial charge in [-0.2, -0.15) is 0 Å². The molecule has 0 bridgehead atoms. The van der Waals surface area contributed by atoms with E-state index in [2.05, 4.69) is 19.2 Å². The van der Waals surface area contributed by atoms with E-state index in [9.17, 15) is 0 Å². The molecule has 0 aromatic heterocycles. The van der Waals surface area contributed by atoms with Crippen LogP contribution in [0.15, 0.2) is 0 Å². The van der Waals surface area contributed by atoms with Crippen LogP contribution in [0.5, 0.6) is 0 Å². The number of rotatable bonds is 5. The van der Waals surface area contributed by atoms with Gasteiger partial charge in [-0.05, 0) is 50.4 Å². The van der Waals surface area contributed by atoms with E-state index >= 15 is 0 Å². The van der Waals surface area contributed by atoms with E-state index in [0.717, 1.165) is 31.0 Å². The summed E-state index contributed by atoms with van der Waals surface area (Å²) < 4.78 is 6.04. The fourth-order valence-corrected chi connectivity index (χ4v) is 3.47. The molecule has 18 heavy (non-hydrogen) atoms. The van der Waals surface area contributed by atoms with E-state index in [1.807, 2.05) is 0 Å². The van der Waals surface area contributed by atoms with Crippen molar-refractivity contribution in [1.82, 2.24) is 5.32 Å². The van der Waals surface area contributed by atoms with E-state index in [1.54, 1.807) is 0 Å². The third-order valence-electron chi connectivity index (χ3n) is 4.92. The summed E-state index contributed by atoms with van der Waals surface area (Å²) in [5.74, 6) is 1.72. The highest BCUT2D eigenvalue weighted by atomic mass is 16.5. The average molecular weight is 253 g/mol. The summed E-state index contributed by atoms with van der Waals surface area (Å²) in [5.41, 5.74) is 0. The second kappa shape index (κ2) is 7.49. The van der Waals surface area contributed by atoms with E-state index in [1.165, 1.54) is 51.4 Å². The summed E-state index contributed by atoms with van der Waals surface area (Å²) in [4.78, 5) is 0. The van der Waals surface area contributed by atoms with Crippen LogP contribution in [0, 0.1) is 11.8 Å². The maximum absolute atomic E-state index is 6.04. The van der Waals surface area contributed by atoms with Crippen molar-refractivity contribution >= 4 is 0 Å². The Morgan fingerprint density at radius 3 is 2.39 bits per heavy atom. The Morgan fingerprint density at radius 1 is 0.944 bits per heavy atom. The van der Waals surface area contributed by atoms with Gasteiger partial charge in [0.1, 0.15) is 0 Å². The van der Waals surface area contributed by atoms with Gasteiger partial charge in [0.15, 0.2) is 0 Å². The molecule has 0 spiro atoms. The van der Waals surface area contributed by atoms with Crippen molar-refractivity contribution in [2.45, 2.75) is 77.4 Å². The molecule has 0 aliphatic heterocycles. The summed E-state index contributed by atoms with van der Waals surface area (Å²) >= 11 is 0. The molecular formula is C16H31NO. The van der Waals surface area contributed by atoms with Crippen LogP contribution in [0.2, 0.25) is 0 Å². The van der Waals surface area contributed by atoms with Gasteiger partial charge in [0.05, 0.1) is 12.7 Å². The van der Waals surface area contributed by atoms with Crippen LogP contribution >= 0.6 is 0 Å². The smallest absolute Gasteiger partial charge is 0.0601 e. The summed E-state index contributed by atoms with van der Waals surface area (Å²) in [5, 5.41) is 3.67. The Morgan fingerprint density at radius 2 is 1.67 bits per heavy atom. The quantitative estimate of drug-likeness (QED) is 0.753. The van der Waals surface area contributed by atoms with Gasteiger partial charge in [0.2, 0.25) is 0 Å². The summed E-state index contributed by atoms with van der Waals surface area (Å²) in [6.45, 7) is 6.67. The Balaban J connectivity index is 1.53. The largest absolute Gasteiger partial charge is 0.377 e. The number of hydrogen-bond acceptors (Lipinski definition) is 2. The van der Waals surface area contributed by atoms with Crippen LogP contribution in [0.3, 0.4) is 0 Å². The molecule has 0 aromatic rings. The number of ether oxygens (including phenoxy) is 1. The third kappa shape index (κ3) is 4.55. The first kappa shape index (κ1) is 14.3. The standard InChI is InChI=1S/C16H31NO/c1-13-7-9-15(10-8-13)17-11-12-18-16-6-4-3-5-14(16)2/h13-17H,3-12H2,1-2H3. The molecule has 2 rings (SSSR count). The van der Waals surface area contributed by atoms with E-state index in [0.29, 0.717) is 6.10 Å². The molecule has 1 N–H and O–H groups in total. The fourth-order valence-electron chi connectivity index (χ4n) is 3.47. The summed E-state index contributed by atoms with van der Waals surface area (Å²) in [6.07, 6.45) is 11.5. The molecule has 0 saturated heterocycles.